The van der Waals surface area contributed by atoms with E-state index in [1.807, 2.05) is 0 Å². The minimum absolute atomic E-state index is 0.119. The lowest BCUT2D eigenvalue weighted by Crippen LogP contribution is -2.31. The second-order valence-electron chi connectivity index (χ2n) is 2.01. The van der Waals surface area contributed by atoms with Gasteiger partial charge >= 0.3 is 6.09 Å². The van der Waals surface area contributed by atoms with Gasteiger partial charge in [0.15, 0.2) is 0 Å². The van der Waals surface area contributed by atoms with Crippen LogP contribution in [0.2, 0.25) is 0 Å². The molecule has 1 heterocycles. The third-order valence-corrected chi connectivity index (χ3v) is 1.67. The molecule has 0 spiro atoms. The number of hydrogen-bond acceptors (Lipinski definition) is 2. The van der Waals surface area contributed by atoms with Crippen molar-refractivity contribution in [3.63, 3.8) is 0 Å². The summed E-state index contributed by atoms with van der Waals surface area (Å²) in [6.45, 7) is 3.50. The summed E-state index contributed by atoms with van der Waals surface area (Å²) in [7, 11) is 0. The topological polar surface area (TPSA) is 38.3 Å². The molecule has 0 aromatic carbocycles. The van der Waals surface area contributed by atoms with Crippen molar-refractivity contribution in [1.82, 2.24) is 5.32 Å². The Bertz CT molecular complexity index is 160. The normalized spacial score (nSPS) is 31.1. The molecule has 1 amide bonds. The van der Waals surface area contributed by atoms with Crippen LogP contribution in [0.4, 0.5) is 4.79 Å². The zero-order valence-corrected chi connectivity index (χ0v) is 6.10. The van der Waals surface area contributed by atoms with Gasteiger partial charge in [-0.15, -0.1) is 11.6 Å². The van der Waals surface area contributed by atoms with Gasteiger partial charge < -0.3 is 10.1 Å². The van der Waals surface area contributed by atoms with Crippen LogP contribution >= 0.6 is 11.6 Å². The van der Waals surface area contributed by atoms with E-state index in [0.29, 0.717) is 5.88 Å². The van der Waals surface area contributed by atoms with Crippen LogP contribution in [0, 0.1) is 0 Å². The summed E-state index contributed by atoms with van der Waals surface area (Å²) >= 11 is 5.50. The van der Waals surface area contributed by atoms with Crippen LogP contribution in [0.3, 0.4) is 0 Å². The van der Waals surface area contributed by atoms with Crippen molar-refractivity contribution in [3.05, 3.63) is 12.7 Å². The predicted octanol–water partition coefficient (Wildman–Crippen LogP) is 0.888. The number of cyclic esters (lactones) is 1. The number of hydrogen-bond donors (Lipinski definition) is 1. The molecule has 0 saturated carbocycles. The lowest BCUT2D eigenvalue weighted by molar-refractivity contribution is 0.154. The van der Waals surface area contributed by atoms with Gasteiger partial charge in [-0.2, -0.15) is 0 Å². The van der Waals surface area contributed by atoms with Crippen LogP contribution in [0.25, 0.3) is 0 Å². The molecule has 0 radical (unpaired) electrons. The first kappa shape index (κ1) is 7.41. The average Bonchev–Trinajstić information content (AvgIpc) is 2.30. The summed E-state index contributed by atoms with van der Waals surface area (Å²) in [5.41, 5.74) is 0. The summed E-state index contributed by atoms with van der Waals surface area (Å²) in [6, 6.07) is -0.119. The molecule has 1 aliphatic heterocycles. The van der Waals surface area contributed by atoms with Gasteiger partial charge in [0, 0.05) is 5.88 Å². The second kappa shape index (κ2) is 2.92. The zero-order valence-electron chi connectivity index (χ0n) is 5.34. The molecule has 1 fully saturated rings. The van der Waals surface area contributed by atoms with Crippen molar-refractivity contribution in [1.29, 1.82) is 0 Å². The van der Waals surface area contributed by atoms with Gasteiger partial charge in [-0.3, -0.25) is 0 Å². The smallest absolute Gasteiger partial charge is 0.408 e. The summed E-state index contributed by atoms with van der Waals surface area (Å²) in [5.74, 6) is 0.350. The van der Waals surface area contributed by atoms with E-state index in [1.165, 1.54) is 0 Å². The fourth-order valence-corrected chi connectivity index (χ4v) is 1.06. The lowest BCUT2D eigenvalue weighted by Gasteiger charge is -2.07. The fourth-order valence-electron chi connectivity index (χ4n) is 0.812. The SMILES string of the molecule is C=C[C@H]1OC(=O)N[C@@H]1CCl. The summed E-state index contributed by atoms with van der Waals surface area (Å²) in [4.78, 5) is 10.5. The Hall–Kier alpha value is -0.700. The van der Waals surface area contributed by atoms with Crippen molar-refractivity contribution < 1.29 is 9.53 Å². The van der Waals surface area contributed by atoms with Gasteiger partial charge in [0.25, 0.3) is 0 Å². The molecule has 3 nitrogen and oxygen atoms in total. The fraction of sp³-hybridized carbons (Fsp3) is 0.500. The van der Waals surface area contributed by atoms with Crippen molar-refractivity contribution in [3.8, 4) is 0 Å². The highest BCUT2D eigenvalue weighted by Gasteiger charge is 2.30. The summed E-state index contributed by atoms with van der Waals surface area (Å²) in [5, 5.41) is 2.54. The van der Waals surface area contributed by atoms with Crippen molar-refractivity contribution >= 4 is 17.7 Å². The Kier molecular flexibility index (Phi) is 2.17. The number of alkyl halides is 1. The van der Waals surface area contributed by atoms with Gasteiger partial charge in [0.1, 0.15) is 6.10 Å². The molecule has 1 aliphatic rings. The summed E-state index contributed by atoms with van der Waals surface area (Å²) < 4.78 is 4.76. The van der Waals surface area contributed by atoms with Gasteiger partial charge in [-0.25, -0.2) is 4.79 Å². The van der Waals surface area contributed by atoms with Crippen LogP contribution in [0.5, 0.6) is 0 Å². The third-order valence-electron chi connectivity index (χ3n) is 1.34. The quantitative estimate of drug-likeness (QED) is 0.483. The number of nitrogens with one attached hydrogen (secondary N) is 1. The molecule has 4 heteroatoms. The number of halogens is 1. The van der Waals surface area contributed by atoms with Crippen molar-refractivity contribution in [2.75, 3.05) is 5.88 Å². The Morgan fingerprint density at radius 3 is 3.00 bits per heavy atom. The highest BCUT2D eigenvalue weighted by Crippen LogP contribution is 2.10. The number of alkyl carbamates (subject to hydrolysis) is 1. The average molecular weight is 162 g/mol. The molecule has 56 valence electrons. The van der Waals surface area contributed by atoms with E-state index in [9.17, 15) is 4.79 Å². The van der Waals surface area contributed by atoms with E-state index in [0.717, 1.165) is 0 Å². The molecule has 0 unspecified atom stereocenters. The predicted molar refractivity (Wildman–Crippen MR) is 38.1 cm³/mol. The van der Waals surface area contributed by atoms with E-state index in [1.54, 1.807) is 6.08 Å². The maximum atomic E-state index is 10.5. The minimum Gasteiger partial charge on any atom is -0.440 e. The number of ether oxygens (including phenoxy) is 1. The van der Waals surface area contributed by atoms with Crippen LogP contribution in [-0.4, -0.2) is 24.1 Å². The molecule has 2 atom stereocenters. The molecule has 10 heavy (non-hydrogen) atoms. The minimum atomic E-state index is -0.421. The molecule has 1 N–H and O–H groups in total. The van der Waals surface area contributed by atoms with Crippen molar-refractivity contribution in [2.45, 2.75) is 12.1 Å². The molecule has 1 saturated heterocycles. The number of amides is 1. The maximum absolute atomic E-state index is 10.5. The largest absolute Gasteiger partial charge is 0.440 e. The zero-order chi connectivity index (χ0) is 7.56. The molecule has 0 aliphatic carbocycles. The van der Waals surface area contributed by atoms with Gasteiger partial charge in [-0.1, -0.05) is 6.58 Å². The first-order valence-electron chi connectivity index (χ1n) is 2.93. The first-order valence-corrected chi connectivity index (χ1v) is 3.47. The van der Waals surface area contributed by atoms with Gasteiger partial charge in [0.2, 0.25) is 0 Å². The Labute approximate surface area is 64.0 Å². The maximum Gasteiger partial charge on any atom is 0.408 e. The van der Waals surface area contributed by atoms with E-state index < -0.39 is 6.09 Å². The van der Waals surface area contributed by atoms with Crippen molar-refractivity contribution in [2.24, 2.45) is 0 Å². The molecule has 0 aromatic rings. The standard InChI is InChI=1S/C6H8ClNO2/c1-2-5-4(3-7)8-6(9)10-5/h2,4-5H,1,3H2,(H,8,9)/t4-,5-/m1/s1. The monoisotopic (exact) mass is 161 g/mol. The van der Waals surface area contributed by atoms with E-state index >= 15 is 0 Å². The number of rotatable bonds is 2. The van der Waals surface area contributed by atoms with Crippen LogP contribution < -0.4 is 5.32 Å². The molecular formula is C6H8ClNO2. The van der Waals surface area contributed by atoms with Gasteiger partial charge in [-0.05, 0) is 6.08 Å². The van der Waals surface area contributed by atoms with Crippen LogP contribution in [-0.2, 0) is 4.74 Å². The van der Waals surface area contributed by atoms with Gasteiger partial charge in [0.05, 0.1) is 6.04 Å². The summed E-state index contributed by atoms with van der Waals surface area (Å²) in [6.07, 6.45) is 0.867. The lowest BCUT2D eigenvalue weighted by atomic mass is 10.2. The Morgan fingerprint density at radius 1 is 1.90 bits per heavy atom. The molecule has 0 bridgehead atoms. The van der Waals surface area contributed by atoms with Crippen LogP contribution in [0.15, 0.2) is 12.7 Å². The molecule has 0 aromatic heterocycles. The number of carbonyl (C=O) groups is 1. The molecule has 1 rings (SSSR count). The first-order chi connectivity index (χ1) is 4.77. The third kappa shape index (κ3) is 1.24. The Balaban J connectivity index is 2.56. The number of carbonyl (C=O) groups excluding carboxylic acids is 1. The Morgan fingerprint density at radius 2 is 2.60 bits per heavy atom. The van der Waals surface area contributed by atoms with E-state index in [2.05, 4.69) is 11.9 Å². The highest BCUT2D eigenvalue weighted by molar-refractivity contribution is 6.18. The highest BCUT2D eigenvalue weighted by atomic mass is 35.5. The van der Waals surface area contributed by atoms with E-state index in [4.69, 9.17) is 16.3 Å². The van der Waals surface area contributed by atoms with E-state index in [-0.39, 0.29) is 12.1 Å². The van der Waals surface area contributed by atoms with Crippen LogP contribution in [0.1, 0.15) is 0 Å². The molecular weight excluding hydrogens is 154 g/mol. The second-order valence-corrected chi connectivity index (χ2v) is 2.32.